The van der Waals surface area contributed by atoms with Gasteiger partial charge in [0.1, 0.15) is 5.76 Å². The Morgan fingerprint density at radius 2 is 2.33 bits per heavy atom. The van der Waals surface area contributed by atoms with Gasteiger partial charge in [-0.25, -0.2) is 0 Å². The third-order valence-electron chi connectivity index (χ3n) is 2.71. The minimum absolute atomic E-state index is 0.521. The molecular formula is C11H14O. The van der Waals surface area contributed by atoms with Gasteiger partial charge in [-0.1, -0.05) is 19.1 Å². The molecule has 0 aromatic rings. The first kappa shape index (κ1) is 7.66. The van der Waals surface area contributed by atoms with Crippen LogP contribution in [0.2, 0.25) is 0 Å². The number of aliphatic hydroxyl groups is 1. The zero-order valence-corrected chi connectivity index (χ0v) is 7.38. The van der Waals surface area contributed by atoms with Gasteiger partial charge in [0.15, 0.2) is 0 Å². The Balaban J connectivity index is 2.41. The van der Waals surface area contributed by atoms with Crippen molar-refractivity contribution in [3.63, 3.8) is 0 Å². The lowest BCUT2D eigenvalue weighted by atomic mass is 9.83. The molecule has 64 valence electrons. The van der Waals surface area contributed by atoms with E-state index >= 15 is 0 Å². The molecule has 1 heteroatoms. The number of rotatable bonds is 0. The van der Waals surface area contributed by atoms with Crippen LogP contribution in [0, 0.1) is 5.92 Å². The maximum atomic E-state index is 9.59. The van der Waals surface area contributed by atoms with Crippen LogP contribution in [-0.2, 0) is 0 Å². The summed E-state index contributed by atoms with van der Waals surface area (Å²) in [5.41, 5.74) is 2.53. The molecule has 1 unspecified atom stereocenters. The van der Waals surface area contributed by atoms with Gasteiger partial charge in [-0.2, -0.15) is 0 Å². The van der Waals surface area contributed by atoms with Crippen LogP contribution >= 0.6 is 0 Å². The zero-order chi connectivity index (χ0) is 8.55. The molecule has 1 nitrogen and oxygen atoms in total. The molecule has 12 heavy (non-hydrogen) atoms. The standard InChI is InChI=1S/C11H14O/c1-8-6-7-11(12)10-5-3-2-4-9(8)10/h2,4,7-8,12H,3,5-6H2,1H3. The van der Waals surface area contributed by atoms with E-state index in [0.29, 0.717) is 11.7 Å². The SMILES string of the molecule is CC1CC=C(O)C2=C1C=CCC2. The number of aliphatic hydroxyl groups excluding tert-OH is 1. The Morgan fingerprint density at radius 3 is 3.08 bits per heavy atom. The van der Waals surface area contributed by atoms with Crippen LogP contribution in [0.25, 0.3) is 0 Å². The Hall–Kier alpha value is -0.980. The smallest absolute Gasteiger partial charge is 0.115 e. The molecule has 0 aromatic heterocycles. The fourth-order valence-corrected chi connectivity index (χ4v) is 1.96. The van der Waals surface area contributed by atoms with Gasteiger partial charge in [-0.15, -0.1) is 0 Å². The monoisotopic (exact) mass is 162 g/mol. The van der Waals surface area contributed by atoms with E-state index in [1.54, 1.807) is 0 Å². The molecule has 0 radical (unpaired) electrons. The first-order valence-corrected chi connectivity index (χ1v) is 4.58. The van der Waals surface area contributed by atoms with E-state index in [1.165, 1.54) is 11.1 Å². The molecule has 0 saturated carbocycles. The molecule has 0 aliphatic heterocycles. The van der Waals surface area contributed by atoms with Crippen LogP contribution in [0.15, 0.2) is 35.1 Å². The van der Waals surface area contributed by atoms with Crippen LogP contribution in [-0.4, -0.2) is 5.11 Å². The van der Waals surface area contributed by atoms with Gasteiger partial charge in [0.05, 0.1) is 0 Å². The summed E-state index contributed by atoms with van der Waals surface area (Å²) in [6, 6.07) is 0. The first-order chi connectivity index (χ1) is 5.79. The molecule has 0 spiro atoms. The quantitative estimate of drug-likeness (QED) is 0.580. The van der Waals surface area contributed by atoms with Crippen LogP contribution < -0.4 is 0 Å². The van der Waals surface area contributed by atoms with Gasteiger partial charge in [0.25, 0.3) is 0 Å². The second-order valence-electron chi connectivity index (χ2n) is 3.60. The molecule has 0 saturated heterocycles. The second-order valence-corrected chi connectivity index (χ2v) is 3.60. The highest BCUT2D eigenvalue weighted by Crippen LogP contribution is 2.34. The number of hydrogen-bond donors (Lipinski definition) is 1. The van der Waals surface area contributed by atoms with E-state index in [9.17, 15) is 5.11 Å². The largest absolute Gasteiger partial charge is 0.508 e. The van der Waals surface area contributed by atoms with Crippen LogP contribution in [0.4, 0.5) is 0 Å². The van der Waals surface area contributed by atoms with Gasteiger partial charge in [0.2, 0.25) is 0 Å². The van der Waals surface area contributed by atoms with E-state index in [0.717, 1.165) is 19.3 Å². The predicted octanol–water partition coefficient (Wildman–Crippen LogP) is 3.11. The van der Waals surface area contributed by atoms with Crippen LogP contribution in [0.5, 0.6) is 0 Å². The minimum Gasteiger partial charge on any atom is -0.508 e. The third-order valence-corrected chi connectivity index (χ3v) is 2.71. The lowest BCUT2D eigenvalue weighted by Gasteiger charge is -2.24. The van der Waals surface area contributed by atoms with E-state index in [1.807, 2.05) is 6.08 Å². The zero-order valence-electron chi connectivity index (χ0n) is 7.38. The van der Waals surface area contributed by atoms with Gasteiger partial charge < -0.3 is 5.11 Å². The molecule has 2 aliphatic rings. The average molecular weight is 162 g/mol. The normalized spacial score (nSPS) is 28.4. The Morgan fingerprint density at radius 1 is 1.50 bits per heavy atom. The molecule has 0 bridgehead atoms. The van der Waals surface area contributed by atoms with Crippen molar-refractivity contribution >= 4 is 0 Å². The van der Waals surface area contributed by atoms with Crippen molar-refractivity contribution in [2.75, 3.05) is 0 Å². The second kappa shape index (κ2) is 2.81. The van der Waals surface area contributed by atoms with E-state index < -0.39 is 0 Å². The summed E-state index contributed by atoms with van der Waals surface area (Å²) in [5, 5.41) is 9.59. The first-order valence-electron chi connectivity index (χ1n) is 4.58. The van der Waals surface area contributed by atoms with Crippen molar-refractivity contribution in [3.05, 3.63) is 35.1 Å². The summed E-state index contributed by atoms with van der Waals surface area (Å²) in [5.74, 6) is 1.11. The highest BCUT2D eigenvalue weighted by atomic mass is 16.3. The molecule has 2 aliphatic carbocycles. The summed E-state index contributed by atoms with van der Waals surface area (Å²) in [7, 11) is 0. The summed E-state index contributed by atoms with van der Waals surface area (Å²) in [4.78, 5) is 0. The fourth-order valence-electron chi connectivity index (χ4n) is 1.96. The van der Waals surface area contributed by atoms with Gasteiger partial charge in [-0.3, -0.25) is 0 Å². The van der Waals surface area contributed by atoms with Gasteiger partial charge >= 0.3 is 0 Å². The van der Waals surface area contributed by atoms with Crippen molar-refractivity contribution in [1.29, 1.82) is 0 Å². The molecule has 1 N–H and O–H groups in total. The molecule has 1 atom stereocenters. The lowest BCUT2D eigenvalue weighted by Crippen LogP contribution is -2.10. The van der Waals surface area contributed by atoms with E-state index in [4.69, 9.17) is 0 Å². The van der Waals surface area contributed by atoms with E-state index in [2.05, 4.69) is 19.1 Å². The van der Waals surface area contributed by atoms with Gasteiger partial charge in [0, 0.05) is 0 Å². The summed E-state index contributed by atoms with van der Waals surface area (Å²) in [6.07, 6.45) is 9.39. The Kier molecular flexibility index (Phi) is 1.80. The highest BCUT2D eigenvalue weighted by molar-refractivity contribution is 5.43. The van der Waals surface area contributed by atoms with Gasteiger partial charge in [-0.05, 0) is 42.4 Å². The molecule has 0 heterocycles. The van der Waals surface area contributed by atoms with Crippen molar-refractivity contribution < 1.29 is 5.11 Å². The topological polar surface area (TPSA) is 20.2 Å². The Bertz CT molecular complexity index is 281. The maximum absolute atomic E-state index is 9.59. The summed E-state index contributed by atoms with van der Waals surface area (Å²) >= 11 is 0. The van der Waals surface area contributed by atoms with Crippen molar-refractivity contribution in [1.82, 2.24) is 0 Å². The number of hydrogen-bond acceptors (Lipinski definition) is 1. The molecule has 2 rings (SSSR count). The third kappa shape index (κ3) is 1.09. The molecular weight excluding hydrogens is 148 g/mol. The maximum Gasteiger partial charge on any atom is 0.115 e. The number of allylic oxidation sites excluding steroid dienone is 5. The van der Waals surface area contributed by atoms with Crippen molar-refractivity contribution in [2.24, 2.45) is 5.92 Å². The molecule has 0 aromatic carbocycles. The highest BCUT2D eigenvalue weighted by Gasteiger charge is 2.20. The lowest BCUT2D eigenvalue weighted by molar-refractivity contribution is 0.404. The Labute approximate surface area is 73.1 Å². The predicted molar refractivity (Wildman–Crippen MR) is 49.9 cm³/mol. The fraction of sp³-hybridized carbons (Fsp3) is 0.455. The average Bonchev–Trinajstić information content (AvgIpc) is 2.12. The summed E-state index contributed by atoms with van der Waals surface area (Å²) < 4.78 is 0. The molecule has 0 amide bonds. The van der Waals surface area contributed by atoms with Crippen LogP contribution in [0.3, 0.4) is 0 Å². The summed E-state index contributed by atoms with van der Waals surface area (Å²) in [6.45, 7) is 2.22. The van der Waals surface area contributed by atoms with Crippen molar-refractivity contribution in [3.8, 4) is 0 Å². The molecule has 0 fully saturated rings. The van der Waals surface area contributed by atoms with Crippen LogP contribution in [0.1, 0.15) is 26.2 Å². The van der Waals surface area contributed by atoms with E-state index in [-0.39, 0.29) is 0 Å². The van der Waals surface area contributed by atoms with Crippen molar-refractivity contribution in [2.45, 2.75) is 26.2 Å². The minimum atomic E-state index is 0.521.